The van der Waals surface area contributed by atoms with E-state index in [9.17, 15) is 4.79 Å². The Morgan fingerprint density at radius 3 is 2.51 bits per heavy atom. The molecule has 2 aromatic heterocycles. The summed E-state index contributed by atoms with van der Waals surface area (Å²) >= 11 is 0. The number of ketones is 1. The number of nitrogens with two attached hydrogens (primary N) is 1. The molecule has 2 aromatic carbocycles. The second kappa shape index (κ2) is 10.5. The average molecular weight is 470 g/mol. The fraction of sp³-hybridized carbons (Fsp3) is 0.207. The zero-order valence-corrected chi connectivity index (χ0v) is 19.6. The van der Waals surface area contributed by atoms with Gasteiger partial charge < -0.3 is 16.0 Å². The molecule has 3 N–H and O–H groups in total. The molecule has 3 heterocycles. The third kappa shape index (κ3) is 5.39. The summed E-state index contributed by atoms with van der Waals surface area (Å²) in [5.41, 5.74) is 10.4. The van der Waals surface area contributed by atoms with Crippen LogP contribution in [0.25, 0.3) is 0 Å². The van der Waals surface area contributed by atoms with Crippen LogP contribution >= 0.6 is 0 Å². The van der Waals surface area contributed by atoms with Gasteiger partial charge in [-0.25, -0.2) is 9.97 Å². The summed E-state index contributed by atoms with van der Waals surface area (Å²) in [6.45, 7) is 2.46. The van der Waals surface area contributed by atoms with E-state index in [1.165, 1.54) is 11.1 Å². The first-order valence-electron chi connectivity index (χ1n) is 12.0. The Morgan fingerprint density at radius 2 is 1.71 bits per heavy atom. The summed E-state index contributed by atoms with van der Waals surface area (Å²) in [7, 11) is 0. The largest absolute Gasteiger partial charge is 0.383 e. The van der Waals surface area contributed by atoms with E-state index < -0.39 is 0 Å². The number of anilines is 2. The Balaban J connectivity index is 0.00000169. The lowest BCUT2D eigenvalue weighted by Gasteiger charge is -2.35. The topological polar surface area (TPSA) is 84.1 Å². The van der Waals surface area contributed by atoms with Crippen LogP contribution in [0.1, 0.15) is 43.1 Å². The van der Waals surface area contributed by atoms with Gasteiger partial charge in [0, 0.05) is 36.2 Å². The van der Waals surface area contributed by atoms with Gasteiger partial charge >= 0.3 is 0 Å². The zero-order valence-electron chi connectivity index (χ0n) is 19.6. The molecule has 5 rings (SSSR count). The predicted octanol–water partition coefficient (Wildman–Crippen LogP) is 4.96. The molecular formula is C29H35N5O. The molecule has 0 amide bonds. The lowest BCUT2D eigenvalue weighted by atomic mass is 10.0. The maximum Gasteiger partial charge on any atom is 0.215 e. The number of nitrogen functional groups attached to an aromatic ring is 1. The van der Waals surface area contributed by atoms with E-state index in [2.05, 4.69) is 51.6 Å². The minimum atomic E-state index is -0.201. The van der Waals surface area contributed by atoms with Crippen molar-refractivity contribution in [2.45, 2.75) is 18.9 Å². The van der Waals surface area contributed by atoms with Gasteiger partial charge in [-0.05, 0) is 47.7 Å². The van der Waals surface area contributed by atoms with Crippen LogP contribution in [0.4, 0.5) is 11.6 Å². The fourth-order valence-electron chi connectivity index (χ4n) is 4.50. The molecule has 1 aliphatic rings. The van der Waals surface area contributed by atoms with E-state index in [1.54, 1.807) is 12.3 Å². The van der Waals surface area contributed by atoms with E-state index in [0.29, 0.717) is 11.3 Å². The van der Waals surface area contributed by atoms with E-state index in [-0.39, 0.29) is 21.9 Å². The zero-order chi connectivity index (χ0) is 24.0. The molecule has 1 unspecified atom stereocenters. The number of hydrogen-bond acceptors (Lipinski definition) is 6. The molecule has 6 nitrogen and oxygen atoms in total. The normalized spacial score (nSPS) is 15.7. The molecule has 1 saturated heterocycles. The number of nitrogens with one attached hydrogen (secondary N) is 1. The maximum absolute atomic E-state index is 13.4. The first-order valence-corrected chi connectivity index (χ1v) is 12.0. The van der Waals surface area contributed by atoms with Crippen molar-refractivity contribution in [3.05, 3.63) is 119 Å². The molecule has 6 heteroatoms. The number of rotatable bonds is 7. The average Bonchev–Trinajstić information content (AvgIpc) is 2.93. The standard InChI is InChI=1S/C29H29N5O.3H2/c30-29-24(18-22(19-32-29)15-14-21-8-3-1-4-9-21)28(35)25-12-7-13-27(33-25)34-17-16-31-26(20-34)23-10-5-2-6-11-23;;;/h1-13,18-19,26,31H,14-17,20H2,(H2,30,32);3*1H. The van der Waals surface area contributed by atoms with Crippen molar-refractivity contribution >= 4 is 17.4 Å². The molecule has 35 heavy (non-hydrogen) atoms. The first kappa shape index (κ1) is 22.7. The summed E-state index contributed by atoms with van der Waals surface area (Å²) < 4.78 is 0. The lowest BCUT2D eigenvalue weighted by Crippen LogP contribution is -2.46. The van der Waals surface area contributed by atoms with Crippen LogP contribution in [0.3, 0.4) is 0 Å². The number of benzene rings is 2. The van der Waals surface area contributed by atoms with Crippen molar-refractivity contribution < 1.29 is 9.07 Å². The molecular weight excluding hydrogens is 434 g/mol. The van der Waals surface area contributed by atoms with Crippen molar-refractivity contribution in [3.63, 3.8) is 0 Å². The Bertz CT molecular complexity index is 1310. The van der Waals surface area contributed by atoms with Crippen LogP contribution < -0.4 is 16.0 Å². The quantitative estimate of drug-likeness (QED) is 0.372. The van der Waals surface area contributed by atoms with Crippen LogP contribution in [-0.4, -0.2) is 35.4 Å². The van der Waals surface area contributed by atoms with Crippen LogP contribution in [0.15, 0.2) is 91.1 Å². The number of nitrogens with zero attached hydrogens (tertiary/aromatic N) is 3. The lowest BCUT2D eigenvalue weighted by molar-refractivity contribution is 0.103. The SMILES string of the molecule is Nc1ncc(CCc2ccccc2)cc1C(=O)c1cccc(N2CCNC(c3ccccc3)C2)n1.[HH].[HH].[HH]. The molecule has 0 saturated carbocycles. The Labute approximate surface area is 210 Å². The van der Waals surface area contributed by atoms with Crippen LogP contribution in [0.2, 0.25) is 0 Å². The van der Waals surface area contributed by atoms with Gasteiger partial charge in [0.1, 0.15) is 17.3 Å². The van der Waals surface area contributed by atoms with Gasteiger partial charge in [0.25, 0.3) is 0 Å². The number of hydrogen-bond donors (Lipinski definition) is 2. The second-order valence-electron chi connectivity index (χ2n) is 8.84. The van der Waals surface area contributed by atoms with Gasteiger partial charge in [0.15, 0.2) is 0 Å². The highest BCUT2D eigenvalue weighted by molar-refractivity contribution is 6.10. The molecule has 1 aliphatic heterocycles. The molecule has 1 atom stereocenters. The minimum Gasteiger partial charge on any atom is -0.383 e. The summed E-state index contributed by atoms with van der Waals surface area (Å²) in [4.78, 5) is 24.7. The van der Waals surface area contributed by atoms with Crippen molar-refractivity contribution in [1.29, 1.82) is 0 Å². The fourth-order valence-corrected chi connectivity index (χ4v) is 4.50. The number of aryl methyl sites for hydroxylation is 2. The Hall–Kier alpha value is -4.03. The molecule has 0 bridgehead atoms. The van der Waals surface area contributed by atoms with Crippen molar-refractivity contribution in [3.8, 4) is 0 Å². The van der Waals surface area contributed by atoms with Gasteiger partial charge in [-0.15, -0.1) is 0 Å². The summed E-state index contributed by atoms with van der Waals surface area (Å²) in [5.74, 6) is 0.829. The third-order valence-electron chi connectivity index (χ3n) is 6.43. The highest BCUT2D eigenvalue weighted by atomic mass is 16.1. The van der Waals surface area contributed by atoms with Gasteiger partial charge in [0.2, 0.25) is 5.78 Å². The number of carbonyl (C=O) groups is 1. The maximum atomic E-state index is 13.4. The molecule has 0 spiro atoms. The monoisotopic (exact) mass is 469 g/mol. The van der Waals surface area contributed by atoms with Crippen molar-refractivity contribution in [2.24, 2.45) is 0 Å². The number of carbonyl (C=O) groups excluding carboxylic acids is 1. The van der Waals surface area contributed by atoms with Gasteiger partial charge in [-0.3, -0.25) is 4.79 Å². The highest BCUT2D eigenvalue weighted by Crippen LogP contribution is 2.23. The van der Waals surface area contributed by atoms with Gasteiger partial charge in [0.05, 0.1) is 5.56 Å². The van der Waals surface area contributed by atoms with E-state index in [0.717, 1.165) is 43.9 Å². The number of pyridine rings is 2. The van der Waals surface area contributed by atoms with Crippen LogP contribution in [0.5, 0.6) is 0 Å². The van der Waals surface area contributed by atoms with Crippen molar-refractivity contribution in [1.82, 2.24) is 15.3 Å². The molecule has 1 fully saturated rings. The van der Waals surface area contributed by atoms with E-state index in [1.807, 2.05) is 42.5 Å². The second-order valence-corrected chi connectivity index (χ2v) is 8.84. The van der Waals surface area contributed by atoms with Crippen LogP contribution in [0, 0.1) is 0 Å². The van der Waals surface area contributed by atoms with Crippen molar-refractivity contribution in [2.75, 3.05) is 30.3 Å². The first-order chi connectivity index (χ1) is 17.2. The molecule has 4 aromatic rings. The predicted molar refractivity (Wildman–Crippen MR) is 146 cm³/mol. The summed E-state index contributed by atoms with van der Waals surface area (Å²) in [6, 6.07) is 28.4. The molecule has 182 valence electrons. The van der Waals surface area contributed by atoms with E-state index >= 15 is 0 Å². The summed E-state index contributed by atoms with van der Waals surface area (Å²) in [6.07, 6.45) is 3.41. The minimum absolute atomic E-state index is 0. The Kier molecular flexibility index (Phi) is 6.82. The third-order valence-corrected chi connectivity index (χ3v) is 6.43. The smallest absolute Gasteiger partial charge is 0.215 e. The molecule has 0 radical (unpaired) electrons. The number of aromatic nitrogens is 2. The van der Waals surface area contributed by atoms with Crippen LogP contribution in [-0.2, 0) is 12.8 Å². The highest BCUT2D eigenvalue weighted by Gasteiger charge is 2.23. The molecule has 0 aliphatic carbocycles. The Morgan fingerprint density at radius 1 is 0.971 bits per heavy atom. The van der Waals surface area contributed by atoms with Gasteiger partial charge in [-0.2, -0.15) is 0 Å². The van der Waals surface area contributed by atoms with Gasteiger partial charge in [-0.1, -0.05) is 66.7 Å². The number of piperazine rings is 1. The van der Waals surface area contributed by atoms with E-state index in [4.69, 9.17) is 10.7 Å². The summed E-state index contributed by atoms with van der Waals surface area (Å²) in [5, 5.41) is 3.57.